The highest BCUT2D eigenvalue weighted by Crippen LogP contribution is 2.26. The van der Waals surface area contributed by atoms with Gasteiger partial charge >= 0.3 is 0 Å². The van der Waals surface area contributed by atoms with E-state index in [4.69, 9.17) is 0 Å². The summed E-state index contributed by atoms with van der Waals surface area (Å²) in [6.45, 7) is 2.04. The van der Waals surface area contributed by atoms with Crippen molar-refractivity contribution in [3.8, 4) is 0 Å². The molecule has 0 spiro atoms. The molecule has 0 amide bonds. The third-order valence-electron chi connectivity index (χ3n) is 3.58. The van der Waals surface area contributed by atoms with Gasteiger partial charge in [0.15, 0.2) is 5.78 Å². The summed E-state index contributed by atoms with van der Waals surface area (Å²) < 4.78 is 39.6. The van der Waals surface area contributed by atoms with Crippen LogP contribution in [0, 0.1) is 5.82 Å². The number of halogens is 1. The fourth-order valence-corrected chi connectivity index (χ4v) is 4.22. The van der Waals surface area contributed by atoms with Crippen molar-refractivity contribution >= 4 is 15.8 Å². The van der Waals surface area contributed by atoms with Crippen molar-refractivity contribution in [3.05, 3.63) is 30.1 Å². The highest BCUT2D eigenvalue weighted by atomic mass is 32.2. The van der Waals surface area contributed by atoms with Crippen molar-refractivity contribution in [1.29, 1.82) is 0 Å². The van der Waals surface area contributed by atoms with Gasteiger partial charge in [0, 0.05) is 13.0 Å². The van der Waals surface area contributed by atoms with Gasteiger partial charge < -0.3 is 0 Å². The van der Waals surface area contributed by atoms with E-state index in [2.05, 4.69) is 0 Å². The Kier molecular flexibility index (Phi) is 4.55. The highest BCUT2D eigenvalue weighted by Gasteiger charge is 2.36. The van der Waals surface area contributed by atoms with E-state index in [1.807, 2.05) is 0 Å². The Labute approximate surface area is 118 Å². The standard InChI is InChI=1S/C14H18FNO3S/c1-2-14(17)13-8-3-4-9-16(13)20(18,19)12-7-5-6-11(15)10-12/h5-7,10,13H,2-4,8-9H2,1H3/t13-/m1/s1. The summed E-state index contributed by atoms with van der Waals surface area (Å²) >= 11 is 0. The van der Waals surface area contributed by atoms with Crippen LogP contribution in [0.4, 0.5) is 4.39 Å². The summed E-state index contributed by atoms with van der Waals surface area (Å²) in [7, 11) is -3.82. The van der Waals surface area contributed by atoms with Crippen LogP contribution >= 0.6 is 0 Å². The van der Waals surface area contributed by atoms with Crippen LogP contribution in [0.3, 0.4) is 0 Å². The maximum absolute atomic E-state index is 13.2. The topological polar surface area (TPSA) is 54.5 Å². The molecule has 0 aromatic heterocycles. The molecule has 0 radical (unpaired) electrons. The van der Waals surface area contributed by atoms with Crippen molar-refractivity contribution in [2.24, 2.45) is 0 Å². The Balaban J connectivity index is 2.38. The molecule has 1 aromatic rings. The van der Waals surface area contributed by atoms with Crippen LogP contribution in [0.2, 0.25) is 0 Å². The number of benzene rings is 1. The summed E-state index contributed by atoms with van der Waals surface area (Å²) in [6.07, 6.45) is 2.41. The zero-order chi connectivity index (χ0) is 14.8. The summed E-state index contributed by atoms with van der Waals surface area (Å²) in [6, 6.07) is 4.31. The number of nitrogens with zero attached hydrogens (tertiary/aromatic N) is 1. The first-order chi connectivity index (χ1) is 9.46. The van der Waals surface area contributed by atoms with E-state index in [0.717, 1.165) is 18.9 Å². The van der Waals surface area contributed by atoms with Gasteiger partial charge in [-0.2, -0.15) is 4.31 Å². The molecule has 20 heavy (non-hydrogen) atoms. The molecular formula is C14H18FNO3S. The predicted molar refractivity (Wildman–Crippen MR) is 73.2 cm³/mol. The normalized spacial score (nSPS) is 20.8. The lowest BCUT2D eigenvalue weighted by molar-refractivity contribution is -0.123. The fourth-order valence-electron chi connectivity index (χ4n) is 2.51. The van der Waals surface area contributed by atoms with Crippen molar-refractivity contribution in [2.45, 2.75) is 43.5 Å². The average Bonchev–Trinajstić information content (AvgIpc) is 2.46. The Hall–Kier alpha value is -1.27. The van der Waals surface area contributed by atoms with Gasteiger partial charge in [0.1, 0.15) is 5.82 Å². The van der Waals surface area contributed by atoms with Crippen LogP contribution in [0.25, 0.3) is 0 Å². The number of piperidine rings is 1. The van der Waals surface area contributed by atoms with Gasteiger partial charge in [0.05, 0.1) is 10.9 Å². The number of rotatable bonds is 4. The maximum Gasteiger partial charge on any atom is 0.243 e. The number of hydrogen-bond acceptors (Lipinski definition) is 3. The average molecular weight is 299 g/mol. The van der Waals surface area contributed by atoms with Crippen molar-refractivity contribution in [1.82, 2.24) is 4.31 Å². The van der Waals surface area contributed by atoms with Crippen LogP contribution in [-0.2, 0) is 14.8 Å². The number of carbonyl (C=O) groups excluding carboxylic acids is 1. The zero-order valence-corrected chi connectivity index (χ0v) is 12.2. The van der Waals surface area contributed by atoms with Gasteiger partial charge in [-0.15, -0.1) is 0 Å². The molecule has 1 heterocycles. The second-order valence-corrected chi connectivity index (χ2v) is 6.80. The number of ketones is 1. The SMILES string of the molecule is CCC(=O)[C@H]1CCCCN1S(=O)(=O)c1cccc(F)c1. The Morgan fingerprint density at radius 1 is 1.40 bits per heavy atom. The lowest BCUT2D eigenvalue weighted by Crippen LogP contribution is -2.47. The van der Waals surface area contributed by atoms with Crippen molar-refractivity contribution < 1.29 is 17.6 Å². The number of Topliss-reactive ketones (excluding diaryl/α,β-unsaturated/α-hetero) is 1. The highest BCUT2D eigenvalue weighted by molar-refractivity contribution is 7.89. The van der Waals surface area contributed by atoms with Crippen LogP contribution < -0.4 is 0 Å². The Morgan fingerprint density at radius 3 is 2.80 bits per heavy atom. The van der Waals surface area contributed by atoms with Gasteiger partial charge in [-0.3, -0.25) is 4.79 Å². The lowest BCUT2D eigenvalue weighted by Gasteiger charge is -2.33. The maximum atomic E-state index is 13.2. The minimum Gasteiger partial charge on any atom is -0.298 e. The van der Waals surface area contributed by atoms with E-state index in [9.17, 15) is 17.6 Å². The second kappa shape index (κ2) is 6.01. The summed E-state index contributed by atoms with van der Waals surface area (Å²) in [4.78, 5) is 11.9. The van der Waals surface area contributed by atoms with Crippen LogP contribution in [0.15, 0.2) is 29.2 Å². The van der Waals surface area contributed by atoms with E-state index in [1.54, 1.807) is 6.92 Å². The van der Waals surface area contributed by atoms with Gasteiger partial charge in [-0.05, 0) is 31.0 Å². The third kappa shape index (κ3) is 2.91. The first-order valence-electron chi connectivity index (χ1n) is 6.77. The molecule has 6 heteroatoms. The quantitative estimate of drug-likeness (QED) is 0.857. The summed E-state index contributed by atoms with van der Waals surface area (Å²) in [5.74, 6) is -0.675. The van der Waals surface area contributed by atoms with Crippen molar-refractivity contribution in [3.63, 3.8) is 0 Å². The first-order valence-corrected chi connectivity index (χ1v) is 8.21. The molecule has 1 aromatic carbocycles. The van der Waals surface area contributed by atoms with Crippen LogP contribution in [0.5, 0.6) is 0 Å². The molecule has 1 saturated heterocycles. The van der Waals surface area contributed by atoms with Gasteiger partial charge in [-0.1, -0.05) is 19.4 Å². The third-order valence-corrected chi connectivity index (χ3v) is 5.48. The van der Waals surface area contributed by atoms with Gasteiger partial charge in [0.25, 0.3) is 0 Å². The van der Waals surface area contributed by atoms with E-state index in [0.29, 0.717) is 19.4 Å². The zero-order valence-electron chi connectivity index (χ0n) is 11.4. The van der Waals surface area contributed by atoms with E-state index >= 15 is 0 Å². The number of hydrogen-bond donors (Lipinski definition) is 0. The minimum absolute atomic E-state index is 0.0790. The second-order valence-electron chi connectivity index (χ2n) is 4.90. The molecule has 2 rings (SSSR count). The number of carbonyl (C=O) groups is 1. The largest absolute Gasteiger partial charge is 0.298 e. The summed E-state index contributed by atoms with van der Waals surface area (Å²) in [5, 5.41) is 0. The van der Waals surface area contributed by atoms with Gasteiger partial charge in [-0.25, -0.2) is 12.8 Å². The fraction of sp³-hybridized carbons (Fsp3) is 0.500. The molecule has 0 bridgehead atoms. The molecule has 0 N–H and O–H groups in total. The van der Waals surface area contributed by atoms with Crippen molar-refractivity contribution in [2.75, 3.05) is 6.54 Å². The van der Waals surface area contributed by atoms with E-state index in [-0.39, 0.29) is 10.7 Å². The molecule has 0 unspecified atom stereocenters. The Bertz CT molecular complexity index is 600. The predicted octanol–water partition coefficient (Wildman–Crippen LogP) is 2.35. The molecule has 1 atom stereocenters. The molecular weight excluding hydrogens is 281 g/mol. The molecule has 1 aliphatic rings. The van der Waals surface area contributed by atoms with Crippen LogP contribution in [-0.4, -0.2) is 31.1 Å². The van der Waals surface area contributed by atoms with Gasteiger partial charge in [0.2, 0.25) is 10.0 Å². The number of sulfonamides is 1. The summed E-state index contributed by atoms with van der Waals surface area (Å²) in [5.41, 5.74) is 0. The monoisotopic (exact) mass is 299 g/mol. The Morgan fingerprint density at radius 2 is 2.15 bits per heavy atom. The molecule has 0 saturated carbocycles. The molecule has 0 aliphatic carbocycles. The molecule has 1 aliphatic heterocycles. The van der Waals surface area contributed by atoms with E-state index < -0.39 is 21.9 Å². The molecule has 110 valence electrons. The first kappa shape index (κ1) is 15.1. The van der Waals surface area contributed by atoms with Crippen LogP contribution in [0.1, 0.15) is 32.6 Å². The minimum atomic E-state index is -3.82. The molecule has 1 fully saturated rings. The lowest BCUT2D eigenvalue weighted by atomic mass is 10.00. The molecule has 4 nitrogen and oxygen atoms in total. The van der Waals surface area contributed by atoms with E-state index in [1.165, 1.54) is 22.5 Å². The smallest absolute Gasteiger partial charge is 0.243 e.